The Kier molecular flexibility index (Phi) is 4.02. The van der Waals surface area contributed by atoms with Gasteiger partial charge in [-0.2, -0.15) is 5.10 Å². The monoisotopic (exact) mass is 292 g/mol. The van der Waals surface area contributed by atoms with Gasteiger partial charge in [-0.1, -0.05) is 20.8 Å². The van der Waals surface area contributed by atoms with Gasteiger partial charge in [-0.3, -0.25) is 4.68 Å². The molecule has 2 heterocycles. The molecule has 1 atom stereocenters. The highest BCUT2D eigenvalue weighted by Crippen LogP contribution is 2.36. The first-order chi connectivity index (χ1) is 9.24. The summed E-state index contributed by atoms with van der Waals surface area (Å²) in [6.45, 7) is 10.8. The van der Waals surface area contributed by atoms with Crippen molar-refractivity contribution < 1.29 is 0 Å². The van der Waals surface area contributed by atoms with Crippen molar-refractivity contribution in [2.75, 3.05) is 7.05 Å². The maximum atomic E-state index is 4.76. The highest BCUT2D eigenvalue weighted by molar-refractivity contribution is 7.15. The lowest BCUT2D eigenvalue weighted by molar-refractivity contribution is 0.554. The molecular formula is C15H24N4S. The Morgan fingerprint density at radius 3 is 2.55 bits per heavy atom. The quantitative estimate of drug-likeness (QED) is 0.942. The van der Waals surface area contributed by atoms with Crippen molar-refractivity contribution in [1.29, 1.82) is 0 Å². The van der Waals surface area contributed by atoms with Crippen molar-refractivity contribution in [1.82, 2.24) is 20.1 Å². The summed E-state index contributed by atoms with van der Waals surface area (Å²) in [6, 6.07) is 0.330. The Morgan fingerprint density at radius 2 is 2.00 bits per heavy atom. The lowest BCUT2D eigenvalue weighted by Gasteiger charge is -2.16. The van der Waals surface area contributed by atoms with Crippen LogP contribution >= 0.6 is 11.3 Å². The highest BCUT2D eigenvalue weighted by atomic mass is 32.1. The third-order valence-electron chi connectivity index (χ3n) is 3.43. The molecule has 2 aromatic heterocycles. The molecule has 0 aliphatic rings. The predicted molar refractivity (Wildman–Crippen MR) is 85.2 cm³/mol. The molecule has 1 unspecified atom stereocenters. The average Bonchev–Trinajstić information content (AvgIpc) is 2.91. The molecule has 0 bridgehead atoms. The van der Waals surface area contributed by atoms with E-state index in [1.807, 2.05) is 18.8 Å². The van der Waals surface area contributed by atoms with Gasteiger partial charge in [-0.25, -0.2) is 4.98 Å². The fourth-order valence-electron chi connectivity index (χ4n) is 2.26. The van der Waals surface area contributed by atoms with Gasteiger partial charge in [0, 0.05) is 29.6 Å². The lowest BCUT2D eigenvalue weighted by Crippen LogP contribution is -2.13. The first-order valence-electron chi connectivity index (χ1n) is 6.93. The van der Waals surface area contributed by atoms with E-state index in [2.05, 4.69) is 51.2 Å². The van der Waals surface area contributed by atoms with E-state index in [1.54, 1.807) is 11.3 Å². The van der Waals surface area contributed by atoms with E-state index in [0.29, 0.717) is 6.04 Å². The summed E-state index contributed by atoms with van der Waals surface area (Å²) in [5, 5.41) is 8.98. The molecule has 1 N–H and O–H groups in total. The molecule has 0 saturated heterocycles. The van der Waals surface area contributed by atoms with Crippen LogP contribution in [0.25, 0.3) is 10.6 Å². The van der Waals surface area contributed by atoms with Crippen LogP contribution in [-0.2, 0) is 12.5 Å². The summed E-state index contributed by atoms with van der Waals surface area (Å²) in [4.78, 5) is 6.06. The number of nitrogens with zero attached hydrogens (tertiary/aromatic N) is 3. The molecule has 0 aromatic carbocycles. The van der Waals surface area contributed by atoms with Gasteiger partial charge < -0.3 is 5.32 Å². The van der Waals surface area contributed by atoms with Crippen molar-refractivity contribution in [2.24, 2.45) is 7.05 Å². The molecular weight excluding hydrogens is 268 g/mol. The van der Waals surface area contributed by atoms with Crippen molar-refractivity contribution in [2.45, 2.75) is 46.1 Å². The van der Waals surface area contributed by atoms with Gasteiger partial charge in [0.15, 0.2) is 0 Å². The van der Waals surface area contributed by atoms with E-state index in [1.165, 1.54) is 4.88 Å². The Balaban J connectivity index is 2.53. The van der Waals surface area contributed by atoms with Crippen LogP contribution in [0.15, 0.2) is 6.20 Å². The van der Waals surface area contributed by atoms with E-state index in [-0.39, 0.29) is 5.41 Å². The average molecular weight is 292 g/mol. The molecule has 2 aromatic rings. The standard InChI is InChI=1S/C15H24N4S/c1-9(16-6)12-10(2)17-14(20-12)11-8-19(7)18-13(11)15(3,4)5/h8-9,16H,1-7H3. The largest absolute Gasteiger partial charge is 0.312 e. The summed E-state index contributed by atoms with van der Waals surface area (Å²) in [5.41, 5.74) is 3.39. The molecule has 0 spiro atoms. The molecule has 0 aliphatic carbocycles. The number of rotatable bonds is 3. The summed E-state index contributed by atoms with van der Waals surface area (Å²) in [5.74, 6) is 0. The maximum absolute atomic E-state index is 4.76. The Morgan fingerprint density at radius 1 is 1.35 bits per heavy atom. The van der Waals surface area contributed by atoms with E-state index in [0.717, 1.165) is 22.0 Å². The summed E-state index contributed by atoms with van der Waals surface area (Å²) < 4.78 is 1.88. The van der Waals surface area contributed by atoms with Crippen LogP contribution < -0.4 is 5.32 Å². The number of nitrogens with one attached hydrogen (secondary N) is 1. The van der Waals surface area contributed by atoms with Crippen LogP contribution in [0.5, 0.6) is 0 Å². The Labute approximate surface area is 125 Å². The van der Waals surface area contributed by atoms with Crippen molar-refractivity contribution in [3.63, 3.8) is 0 Å². The van der Waals surface area contributed by atoms with Crippen LogP contribution in [0.3, 0.4) is 0 Å². The SMILES string of the molecule is CNC(C)c1sc(-c2cn(C)nc2C(C)(C)C)nc1C. The van der Waals surface area contributed by atoms with Crippen molar-refractivity contribution in [3.05, 3.63) is 22.5 Å². The third kappa shape index (κ3) is 2.79. The van der Waals surface area contributed by atoms with Crippen LogP contribution in [0, 0.1) is 6.92 Å². The van der Waals surface area contributed by atoms with Crippen molar-refractivity contribution >= 4 is 11.3 Å². The van der Waals surface area contributed by atoms with E-state index < -0.39 is 0 Å². The second-order valence-electron chi connectivity index (χ2n) is 6.29. The minimum atomic E-state index is 0.0188. The van der Waals surface area contributed by atoms with Crippen LogP contribution in [0.2, 0.25) is 0 Å². The molecule has 20 heavy (non-hydrogen) atoms. The highest BCUT2D eigenvalue weighted by Gasteiger charge is 2.25. The minimum absolute atomic E-state index is 0.0188. The number of aromatic nitrogens is 3. The molecule has 5 heteroatoms. The first-order valence-corrected chi connectivity index (χ1v) is 7.74. The van der Waals surface area contributed by atoms with E-state index in [9.17, 15) is 0 Å². The Hall–Kier alpha value is -1.20. The molecule has 2 rings (SSSR count). The number of hydrogen-bond donors (Lipinski definition) is 1. The zero-order valence-electron chi connectivity index (χ0n) is 13.4. The second kappa shape index (κ2) is 5.30. The number of aryl methyl sites for hydroxylation is 2. The summed E-state index contributed by atoms with van der Waals surface area (Å²) >= 11 is 1.76. The molecule has 110 valence electrons. The van der Waals surface area contributed by atoms with E-state index >= 15 is 0 Å². The van der Waals surface area contributed by atoms with Gasteiger partial charge in [-0.15, -0.1) is 11.3 Å². The van der Waals surface area contributed by atoms with Crippen LogP contribution in [-0.4, -0.2) is 21.8 Å². The van der Waals surface area contributed by atoms with Crippen molar-refractivity contribution in [3.8, 4) is 10.6 Å². The van der Waals surface area contributed by atoms with Crippen LogP contribution in [0.4, 0.5) is 0 Å². The van der Waals surface area contributed by atoms with Gasteiger partial charge in [0.25, 0.3) is 0 Å². The van der Waals surface area contributed by atoms with Crippen LogP contribution in [0.1, 0.15) is 50.0 Å². The molecule has 0 saturated carbocycles. The fraction of sp³-hybridized carbons (Fsp3) is 0.600. The maximum Gasteiger partial charge on any atom is 0.127 e. The van der Waals surface area contributed by atoms with Gasteiger partial charge in [0.05, 0.1) is 17.0 Å². The molecule has 4 nitrogen and oxygen atoms in total. The number of hydrogen-bond acceptors (Lipinski definition) is 4. The predicted octanol–water partition coefficient (Wildman–Crippen LogP) is 3.43. The van der Waals surface area contributed by atoms with Gasteiger partial charge in [0.2, 0.25) is 0 Å². The molecule has 0 aliphatic heterocycles. The van der Waals surface area contributed by atoms with Gasteiger partial charge in [-0.05, 0) is 20.9 Å². The molecule has 0 amide bonds. The normalized spacial score (nSPS) is 13.8. The molecule has 0 fully saturated rings. The zero-order chi connectivity index (χ0) is 15.1. The third-order valence-corrected chi connectivity index (χ3v) is 4.80. The zero-order valence-corrected chi connectivity index (χ0v) is 14.2. The Bertz CT molecular complexity index is 604. The first kappa shape index (κ1) is 15.2. The molecule has 0 radical (unpaired) electrons. The second-order valence-corrected chi connectivity index (χ2v) is 7.32. The number of thiazole rings is 1. The summed E-state index contributed by atoms with van der Waals surface area (Å²) in [7, 11) is 3.95. The van der Waals surface area contributed by atoms with Gasteiger partial charge in [0.1, 0.15) is 5.01 Å². The topological polar surface area (TPSA) is 42.7 Å². The smallest absolute Gasteiger partial charge is 0.127 e. The summed E-state index contributed by atoms with van der Waals surface area (Å²) in [6.07, 6.45) is 2.08. The van der Waals surface area contributed by atoms with Gasteiger partial charge >= 0.3 is 0 Å². The fourth-order valence-corrected chi connectivity index (χ4v) is 3.39. The minimum Gasteiger partial charge on any atom is -0.312 e. The lowest BCUT2D eigenvalue weighted by atomic mass is 9.90. The van der Waals surface area contributed by atoms with E-state index in [4.69, 9.17) is 4.98 Å².